The predicted octanol–water partition coefficient (Wildman–Crippen LogP) is 3.82. The molecule has 1 aromatic heterocycles. The van der Waals surface area contributed by atoms with Crippen LogP contribution in [0.25, 0.3) is 11.6 Å². The van der Waals surface area contributed by atoms with Crippen molar-refractivity contribution in [3.05, 3.63) is 82.4 Å². The largest absolute Gasteiger partial charge is 0.497 e. The van der Waals surface area contributed by atoms with Crippen LogP contribution in [0.15, 0.2) is 54.6 Å². The molecule has 0 saturated carbocycles. The van der Waals surface area contributed by atoms with Crippen molar-refractivity contribution >= 4 is 35.4 Å². The van der Waals surface area contributed by atoms with Gasteiger partial charge in [-0.1, -0.05) is 42.5 Å². The van der Waals surface area contributed by atoms with E-state index in [9.17, 15) is 9.59 Å². The van der Waals surface area contributed by atoms with Gasteiger partial charge in [0.05, 0.1) is 25.0 Å². The Bertz CT molecular complexity index is 1080. The summed E-state index contributed by atoms with van der Waals surface area (Å²) in [4.78, 5) is 28.5. The molecule has 0 fully saturated rings. The minimum atomic E-state index is -0.389. The smallest absolute Gasteiger partial charge is 0.253 e. The van der Waals surface area contributed by atoms with Crippen molar-refractivity contribution in [2.45, 2.75) is 13.3 Å². The molecule has 0 atom stereocenters. The average molecular weight is 440 g/mol. The second-order valence-corrected chi connectivity index (χ2v) is 6.87. The molecule has 0 aliphatic carbocycles. The fourth-order valence-electron chi connectivity index (χ4n) is 3.00. The fraction of sp³-hybridized carbons (Fsp3) is 0.174. The Morgan fingerprint density at radius 2 is 1.87 bits per heavy atom. The van der Waals surface area contributed by atoms with Crippen LogP contribution < -0.4 is 10.1 Å². The number of aromatic nitrogens is 2. The standard InChI is InChI=1S/C23H22ClN3O4/c1-25-22(29)19(12-16-8-10-18(30-2)11-9-16)21-20(13-28)26-23(24)27(21)15-31-14-17-6-4-3-5-7-17/h3-13H,14-15H2,1-2H3,(H,25,29)/b19-12+. The summed E-state index contributed by atoms with van der Waals surface area (Å²) in [5.74, 6) is 0.300. The van der Waals surface area contributed by atoms with E-state index >= 15 is 0 Å². The Morgan fingerprint density at radius 1 is 1.16 bits per heavy atom. The van der Waals surface area contributed by atoms with Crippen molar-refractivity contribution in [2.75, 3.05) is 14.2 Å². The lowest BCUT2D eigenvalue weighted by atomic mass is 10.1. The fourth-order valence-corrected chi connectivity index (χ4v) is 3.22. The van der Waals surface area contributed by atoms with Crippen molar-refractivity contribution < 1.29 is 19.1 Å². The number of nitrogens with one attached hydrogen (secondary N) is 1. The third-order valence-electron chi connectivity index (χ3n) is 4.55. The molecule has 0 aliphatic heterocycles. The summed E-state index contributed by atoms with van der Waals surface area (Å²) < 4.78 is 12.4. The molecule has 0 saturated heterocycles. The minimum Gasteiger partial charge on any atom is -0.497 e. The van der Waals surface area contributed by atoms with Crippen LogP contribution in [0.5, 0.6) is 5.75 Å². The highest BCUT2D eigenvalue weighted by molar-refractivity contribution is 6.30. The normalized spacial score (nSPS) is 11.3. The van der Waals surface area contributed by atoms with E-state index in [2.05, 4.69) is 10.3 Å². The second-order valence-electron chi connectivity index (χ2n) is 6.53. The monoisotopic (exact) mass is 439 g/mol. The van der Waals surface area contributed by atoms with Gasteiger partial charge in [0.1, 0.15) is 18.2 Å². The summed E-state index contributed by atoms with van der Waals surface area (Å²) in [7, 11) is 3.09. The first-order valence-corrected chi connectivity index (χ1v) is 9.86. The molecule has 0 spiro atoms. The molecular formula is C23H22ClN3O4. The number of imidazole rings is 1. The number of amides is 1. The van der Waals surface area contributed by atoms with Crippen molar-refractivity contribution in [2.24, 2.45) is 0 Å². The van der Waals surface area contributed by atoms with Gasteiger partial charge in [-0.2, -0.15) is 0 Å². The molecule has 8 heteroatoms. The van der Waals surface area contributed by atoms with Crippen LogP contribution in [-0.2, 0) is 22.9 Å². The van der Waals surface area contributed by atoms with E-state index in [-0.39, 0.29) is 34.9 Å². The molecule has 3 rings (SSSR count). The average Bonchev–Trinajstić information content (AvgIpc) is 3.13. The zero-order chi connectivity index (χ0) is 22.2. The van der Waals surface area contributed by atoms with Gasteiger partial charge in [0.2, 0.25) is 5.28 Å². The van der Waals surface area contributed by atoms with Crippen LogP contribution in [-0.4, -0.2) is 35.9 Å². The van der Waals surface area contributed by atoms with Crippen LogP contribution >= 0.6 is 11.6 Å². The molecular weight excluding hydrogens is 418 g/mol. The molecule has 7 nitrogen and oxygen atoms in total. The van der Waals surface area contributed by atoms with E-state index in [1.165, 1.54) is 11.6 Å². The molecule has 2 aromatic carbocycles. The summed E-state index contributed by atoms with van der Waals surface area (Å²) in [5.41, 5.74) is 2.29. The number of ether oxygens (including phenoxy) is 2. The maximum Gasteiger partial charge on any atom is 0.253 e. The number of rotatable bonds is 9. The number of nitrogens with zero attached hydrogens (tertiary/aromatic N) is 2. The van der Waals surface area contributed by atoms with Gasteiger partial charge in [0.15, 0.2) is 6.29 Å². The zero-order valence-electron chi connectivity index (χ0n) is 17.2. The van der Waals surface area contributed by atoms with Gasteiger partial charge in [-0.25, -0.2) is 4.98 Å². The number of likely N-dealkylation sites (N-methyl/N-ethyl adjacent to an activating group) is 1. The number of carbonyl (C=O) groups excluding carboxylic acids is 2. The van der Waals surface area contributed by atoms with Gasteiger partial charge in [-0.15, -0.1) is 0 Å². The van der Waals surface area contributed by atoms with Crippen LogP contribution in [0.4, 0.5) is 0 Å². The Hall–Kier alpha value is -3.42. The number of benzene rings is 2. The van der Waals surface area contributed by atoms with Gasteiger partial charge < -0.3 is 14.8 Å². The minimum absolute atomic E-state index is 0.0147. The predicted molar refractivity (Wildman–Crippen MR) is 119 cm³/mol. The molecule has 0 unspecified atom stereocenters. The Morgan fingerprint density at radius 3 is 2.48 bits per heavy atom. The molecule has 3 aromatic rings. The highest BCUT2D eigenvalue weighted by Crippen LogP contribution is 2.26. The summed E-state index contributed by atoms with van der Waals surface area (Å²) in [6, 6.07) is 16.8. The molecule has 1 amide bonds. The second kappa shape index (κ2) is 10.6. The van der Waals surface area contributed by atoms with Gasteiger partial charge in [-0.05, 0) is 40.9 Å². The first kappa shape index (κ1) is 22.3. The van der Waals surface area contributed by atoms with Crippen molar-refractivity contribution in [3.8, 4) is 5.75 Å². The van der Waals surface area contributed by atoms with E-state index in [0.29, 0.717) is 18.6 Å². The third kappa shape index (κ3) is 5.39. The van der Waals surface area contributed by atoms with E-state index in [4.69, 9.17) is 21.1 Å². The molecule has 0 bridgehead atoms. The summed E-state index contributed by atoms with van der Waals surface area (Å²) >= 11 is 6.28. The first-order chi connectivity index (χ1) is 15.1. The summed E-state index contributed by atoms with van der Waals surface area (Å²) in [6.45, 7) is 0.351. The Balaban J connectivity index is 1.98. The first-order valence-electron chi connectivity index (χ1n) is 9.48. The number of carbonyl (C=O) groups is 2. The lowest BCUT2D eigenvalue weighted by Crippen LogP contribution is -2.22. The van der Waals surface area contributed by atoms with Crippen molar-refractivity contribution in [1.29, 1.82) is 0 Å². The van der Waals surface area contributed by atoms with Crippen molar-refractivity contribution in [3.63, 3.8) is 0 Å². The van der Waals surface area contributed by atoms with E-state index in [1.54, 1.807) is 37.5 Å². The SMILES string of the molecule is CNC(=O)/C(=C/c1ccc(OC)cc1)c1c(C=O)nc(Cl)n1COCc1ccccc1. The molecule has 160 valence electrons. The van der Waals surface area contributed by atoms with Gasteiger partial charge in [0, 0.05) is 7.05 Å². The lowest BCUT2D eigenvalue weighted by molar-refractivity contribution is -0.115. The molecule has 1 heterocycles. The zero-order valence-corrected chi connectivity index (χ0v) is 17.9. The number of methoxy groups -OCH3 is 1. The molecule has 0 aliphatic rings. The molecule has 0 radical (unpaired) electrons. The van der Waals surface area contributed by atoms with Crippen LogP contribution in [0.2, 0.25) is 5.28 Å². The van der Waals surface area contributed by atoms with E-state index in [0.717, 1.165) is 11.1 Å². The number of hydrogen-bond acceptors (Lipinski definition) is 5. The van der Waals surface area contributed by atoms with E-state index in [1.807, 2.05) is 30.3 Å². The van der Waals surface area contributed by atoms with E-state index < -0.39 is 0 Å². The maximum atomic E-state index is 12.7. The van der Waals surface area contributed by atoms with Gasteiger partial charge in [-0.3, -0.25) is 14.2 Å². The summed E-state index contributed by atoms with van der Waals surface area (Å²) in [6.07, 6.45) is 2.23. The highest BCUT2D eigenvalue weighted by Gasteiger charge is 2.23. The number of hydrogen-bond donors (Lipinski definition) is 1. The van der Waals surface area contributed by atoms with Gasteiger partial charge in [0.25, 0.3) is 5.91 Å². The van der Waals surface area contributed by atoms with Crippen molar-refractivity contribution in [1.82, 2.24) is 14.9 Å². The molecule has 1 N–H and O–H groups in total. The number of aldehydes is 1. The van der Waals surface area contributed by atoms with Crippen LogP contribution in [0.3, 0.4) is 0 Å². The maximum absolute atomic E-state index is 12.7. The third-order valence-corrected chi connectivity index (χ3v) is 4.83. The topological polar surface area (TPSA) is 82.5 Å². The van der Waals surface area contributed by atoms with Crippen LogP contribution in [0, 0.1) is 0 Å². The highest BCUT2D eigenvalue weighted by atomic mass is 35.5. The number of halogens is 1. The van der Waals surface area contributed by atoms with Crippen LogP contribution in [0.1, 0.15) is 27.3 Å². The Labute approximate surface area is 185 Å². The molecule has 31 heavy (non-hydrogen) atoms. The quantitative estimate of drug-likeness (QED) is 0.405. The Kier molecular flexibility index (Phi) is 7.59. The lowest BCUT2D eigenvalue weighted by Gasteiger charge is -2.13. The van der Waals surface area contributed by atoms with Gasteiger partial charge >= 0.3 is 0 Å². The summed E-state index contributed by atoms with van der Waals surface area (Å²) in [5, 5.41) is 2.65.